The number of allylic oxidation sites excluding steroid dienone is 2. The summed E-state index contributed by atoms with van der Waals surface area (Å²) in [6.07, 6.45) is 6.35. The minimum absolute atomic E-state index is 0.00562. The van der Waals surface area contributed by atoms with Crippen LogP contribution in [0.4, 0.5) is 0 Å². The summed E-state index contributed by atoms with van der Waals surface area (Å²) in [4.78, 5) is 11.6. The molecule has 1 atom stereocenters. The van der Waals surface area contributed by atoms with Gasteiger partial charge in [0.25, 0.3) is 0 Å². The Labute approximate surface area is 94.2 Å². The van der Waals surface area contributed by atoms with Crippen molar-refractivity contribution in [3.05, 3.63) is 12.2 Å². The molecule has 0 heterocycles. The lowest BCUT2D eigenvalue weighted by atomic mass is 9.95. The second-order valence-electron chi connectivity index (χ2n) is 3.35. The molecule has 0 aromatic rings. The Morgan fingerprint density at radius 1 is 1.43 bits per heavy atom. The molecule has 4 heteroatoms. The molecular weight excluding hydrogens is 223 g/mol. The quantitative estimate of drug-likeness (QED) is 0.427. The molecule has 0 N–H and O–H groups in total. The average molecular weight is 237 g/mol. The van der Waals surface area contributed by atoms with Gasteiger partial charge in [0.05, 0.1) is 17.7 Å². The van der Waals surface area contributed by atoms with Crippen LogP contribution in [-0.2, 0) is 9.53 Å². The molecule has 1 rings (SSSR count). The summed E-state index contributed by atoms with van der Waals surface area (Å²) in [5.74, 6) is 0.352. The number of hydrogen-bond acceptors (Lipinski definition) is 2. The number of carbonyl (C=O) groups is 1. The van der Waals surface area contributed by atoms with E-state index in [1.165, 1.54) is 0 Å². The second-order valence-corrected chi connectivity index (χ2v) is 3.97. The molecule has 1 aliphatic rings. The molecule has 0 radical (unpaired) electrons. The van der Waals surface area contributed by atoms with Gasteiger partial charge in [-0.05, 0) is 19.3 Å². The largest absolute Gasteiger partial charge is 0.460 e. The highest BCUT2D eigenvalue weighted by Gasteiger charge is 2.22. The van der Waals surface area contributed by atoms with Gasteiger partial charge in [0.2, 0.25) is 0 Å². The summed E-state index contributed by atoms with van der Waals surface area (Å²) >= 11 is 11.2. The highest BCUT2D eigenvalue weighted by Crippen LogP contribution is 2.20. The van der Waals surface area contributed by atoms with Crippen molar-refractivity contribution in [2.75, 3.05) is 11.8 Å². The number of esters is 1. The van der Waals surface area contributed by atoms with Crippen molar-refractivity contribution in [3.8, 4) is 0 Å². The summed E-state index contributed by atoms with van der Waals surface area (Å²) in [7, 11) is 0. The van der Waals surface area contributed by atoms with Gasteiger partial charge < -0.3 is 4.74 Å². The molecule has 0 unspecified atom stereocenters. The van der Waals surface area contributed by atoms with Crippen LogP contribution in [-0.4, -0.2) is 23.8 Å². The predicted molar refractivity (Wildman–Crippen MR) is 57.8 cm³/mol. The third kappa shape index (κ3) is 3.50. The van der Waals surface area contributed by atoms with Crippen LogP contribution in [0.3, 0.4) is 0 Å². The summed E-state index contributed by atoms with van der Waals surface area (Å²) in [5, 5.41) is 0. The number of alkyl halides is 2. The Bertz CT molecular complexity index is 212. The highest BCUT2D eigenvalue weighted by atomic mass is 35.5. The minimum atomic E-state index is -0.350. The molecule has 1 aliphatic carbocycles. The molecule has 0 spiro atoms. The Balaban J connectivity index is 2.36. The van der Waals surface area contributed by atoms with Crippen molar-refractivity contribution in [2.24, 2.45) is 5.92 Å². The zero-order chi connectivity index (χ0) is 10.4. The molecule has 14 heavy (non-hydrogen) atoms. The van der Waals surface area contributed by atoms with E-state index in [2.05, 4.69) is 6.08 Å². The molecule has 0 bridgehead atoms. The van der Waals surface area contributed by atoms with E-state index >= 15 is 0 Å². The van der Waals surface area contributed by atoms with Crippen molar-refractivity contribution in [3.63, 3.8) is 0 Å². The van der Waals surface area contributed by atoms with Crippen LogP contribution in [0.25, 0.3) is 0 Å². The highest BCUT2D eigenvalue weighted by molar-refractivity contribution is 6.21. The van der Waals surface area contributed by atoms with Gasteiger partial charge in [-0.2, -0.15) is 0 Å². The zero-order valence-corrected chi connectivity index (χ0v) is 9.43. The van der Waals surface area contributed by atoms with Crippen molar-refractivity contribution < 1.29 is 9.53 Å². The maximum absolute atomic E-state index is 11.6. The van der Waals surface area contributed by atoms with Gasteiger partial charge in [-0.1, -0.05) is 12.2 Å². The lowest BCUT2D eigenvalue weighted by Crippen LogP contribution is -2.27. The molecule has 0 saturated heterocycles. The van der Waals surface area contributed by atoms with Crippen LogP contribution in [0, 0.1) is 5.92 Å². The van der Waals surface area contributed by atoms with Gasteiger partial charge in [0, 0.05) is 0 Å². The standard InChI is InChI=1S/C10H14Cl2O2/c11-6-9(7-12)14-10(13)8-4-2-1-3-5-8/h1-2,8-9H,3-7H2/t8-/m0/s1. The van der Waals surface area contributed by atoms with Crippen LogP contribution in [0.1, 0.15) is 19.3 Å². The summed E-state index contributed by atoms with van der Waals surface area (Å²) in [6, 6.07) is 0. The fourth-order valence-corrected chi connectivity index (χ4v) is 1.83. The van der Waals surface area contributed by atoms with E-state index in [0.29, 0.717) is 0 Å². The molecule has 0 fully saturated rings. The van der Waals surface area contributed by atoms with E-state index in [1.54, 1.807) is 0 Å². The third-order valence-corrected chi connectivity index (χ3v) is 2.92. The van der Waals surface area contributed by atoms with Crippen molar-refractivity contribution in [1.82, 2.24) is 0 Å². The predicted octanol–water partition coefficient (Wildman–Crippen LogP) is 2.73. The van der Waals surface area contributed by atoms with Crippen LogP contribution in [0.15, 0.2) is 12.2 Å². The maximum Gasteiger partial charge on any atom is 0.309 e. The number of hydrogen-bond donors (Lipinski definition) is 0. The van der Waals surface area contributed by atoms with Gasteiger partial charge in [-0.15, -0.1) is 23.2 Å². The van der Waals surface area contributed by atoms with Gasteiger partial charge in [0.1, 0.15) is 6.10 Å². The van der Waals surface area contributed by atoms with Crippen LogP contribution >= 0.6 is 23.2 Å². The summed E-state index contributed by atoms with van der Waals surface area (Å²) in [6.45, 7) is 0. The van der Waals surface area contributed by atoms with E-state index in [1.807, 2.05) is 6.08 Å². The Kier molecular flexibility index (Phi) is 5.34. The Morgan fingerprint density at radius 3 is 2.64 bits per heavy atom. The number of rotatable bonds is 4. The minimum Gasteiger partial charge on any atom is -0.460 e. The van der Waals surface area contributed by atoms with Crippen LogP contribution in [0.2, 0.25) is 0 Å². The number of halogens is 2. The van der Waals surface area contributed by atoms with Crippen molar-refractivity contribution in [2.45, 2.75) is 25.4 Å². The Hall–Kier alpha value is -0.210. The topological polar surface area (TPSA) is 26.3 Å². The van der Waals surface area contributed by atoms with Crippen LogP contribution in [0.5, 0.6) is 0 Å². The first kappa shape index (κ1) is 11.9. The molecule has 0 amide bonds. The molecule has 80 valence electrons. The normalized spacial score (nSPS) is 21.2. The number of ether oxygens (including phenoxy) is 1. The monoisotopic (exact) mass is 236 g/mol. The molecule has 0 aliphatic heterocycles. The van der Waals surface area contributed by atoms with E-state index in [9.17, 15) is 4.79 Å². The molecule has 0 aromatic heterocycles. The molecule has 0 saturated carbocycles. The van der Waals surface area contributed by atoms with Gasteiger partial charge in [-0.25, -0.2) is 0 Å². The molecule has 0 aromatic carbocycles. The summed E-state index contributed by atoms with van der Waals surface area (Å²) < 4.78 is 5.15. The smallest absolute Gasteiger partial charge is 0.309 e. The second kappa shape index (κ2) is 6.31. The first-order valence-electron chi connectivity index (χ1n) is 4.75. The first-order chi connectivity index (χ1) is 6.77. The molecular formula is C10H14Cl2O2. The zero-order valence-electron chi connectivity index (χ0n) is 7.92. The van der Waals surface area contributed by atoms with E-state index in [0.717, 1.165) is 19.3 Å². The van der Waals surface area contributed by atoms with Gasteiger partial charge in [-0.3, -0.25) is 4.79 Å². The van der Waals surface area contributed by atoms with Crippen molar-refractivity contribution in [1.29, 1.82) is 0 Å². The van der Waals surface area contributed by atoms with Crippen molar-refractivity contribution >= 4 is 29.2 Å². The number of carbonyl (C=O) groups excluding carboxylic acids is 1. The SMILES string of the molecule is O=C(OC(CCl)CCl)[C@H]1CC=CCC1. The molecule has 2 nitrogen and oxygen atoms in total. The van der Waals surface area contributed by atoms with E-state index in [4.69, 9.17) is 27.9 Å². The Morgan fingerprint density at radius 2 is 2.14 bits per heavy atom. The van der Waals surface area contributed by atoms with Gasteiger partial charge in [0.15, 0.2) is 0 Å². The van der Waals surface area contributed by atoms with Crippen LogP contribution < -0.4 is 0 Å². The average Bonchev–Trinajstić information content (AvgIpc) is 2.26. The van der Waals surface area contributed by atoms with E-state index in [-0.39, 0.29) is 29.8 Å². The fourth-order valence-electron chi connectivity index (χ4n) is 1.37. The third-order valence-electron chi connectivity index (χ3n) is 2.23. The van der Waals surface area contributed by atoms with E-state index < -0.39 is 0 Å². The maximum atomic E-state index is 11.6. The fraction of sp³-hybridized carbons (Fsp3) is 0.700. The lowest BCUT2D eigenvalue weighted by Gasteiger charge is -2.19. The first-order valence-corrected chi connectivity index (χ1v) is 5.82. The lowest BCUT2D eigenvalue weighted by molar-refractivity contribution is -0.152. The van der Waals surface area contributed by atoms with Gasteiger partial charge >= 0.3 is 5.97 Å². The summed E-state index contributed by atoms with van der Waals surface area (Å²) in [5.41, 5.74) is 0.